The molecule has 0 saturated carbocycles. The lowest BCUT2D eigenvalue weighted by molar-refractivity contribution is -0.145. The van der Waals surface area contributed by atoms with Crippen LogP contribution in [0.3, 0.4) is 0 Å². The molecule has 124 valence electrons. The molecule has 1 atom stereocenters. The number of likely N-dealkylation sites (tertiary alicyclic amines) is 2. The Morgan fingerprint density at radius 2 is 2.00 bits per heavy atom. The molecule has 1 N–H and O–H groups in total. The van der Waals surface area contributed by atoms with Crippen molar-refractivity contribution in [1.82, 2.24) is 9.80 Å². The van der Waals surface area contributed by atoms with Gasteiger partial charge in [0.05, 0.1) is 20.7 Å². The quantitative estimate of drug-likeness (QED) is 0.878. The second-order valence-corrected chi connectivity index (χ2v) is 7.76. The first kappa shape index (κ1) is 16.3. The van der Waals surface area contributed by atoms with Crippen LogP contribution in [0.4, 0.5) is 0 Å². The molecule has 0 aromatic carbocycles. The van der Waals surface area contributed by atoms with Gasteiger partial charge in [0.2, 0.25) is 5.91 Å². The minimum Gasteiger partial charge on any atom is -0.481 e. The summed E-state index contributed by atoms with van der Waals surface area (Å²) in [5.74, 6) is -1.86. The van der Waals surface area contributed by atoms with Crippen molar-refractivity contribution in [2.45, 2.75) is 24.8 Å². The van der Waals surface area contributed by atoms with Crippen LogP contribution >= 0.6 is 22.9 Å². The molecule has 1 aromatic rings. The van der Waals surface area contributed by atoms with Gasteiger partial charge in [-0.2, -0.15) is 0 Å². The van der Waals surface area contributed by atoms with E-state index in [4.69, 9.17) is 11.6 Å². The topological polar surface area (TPSA) is 77.9 Å². The minimum absolute atomic E-state index is 0.0420. The Morgan fingerprint density at radius 1 is 1.35 bits per heavy atom. The zero-order valence-corrected chi connectivity index (χ0v) is 14.2. The molecule has 2 aliphatic heterocycles. The molecule has 0 unspecified atom stereocenters. The van der Waals surface area contributed by atoms with Crippen LogP contribution in [0, 0.1) is 5.92 Å². The molecular formula is C15H17ClN2O4S. The van der Waals surface area contributed by atoms with Gasteiger partial charge in [-0.25, -0.2) is 0 Å². The van der Waals surface area contributed by atoms with Gasteiger partial charge in [0.25, 0.3) is 5.91 Å². The third kappa shape index (κ3) is 2.61. The maximum Gasteiger partial charge on any atom is 0.309 e. The van der Waals surface area contributed by atoms with E-state index in [1.807, 2.05) is 0 Å². The Balaban J connectivity index is 1.75. The molecule has 3 heterocycles. The second-order valence-electron chi connectivity index (χ2n) is 6.05. The fourth-order valence-electron chi connectivity index (χ4n) is 3.67. The van der Waals surface area contributed by atoms with Gasteiger partial charge < -0.3 is 14.9 Å². The monoisotopic (exact) mass is 356 g/mol. The minimum atomic E-state index is -0.937. The molecule has 0 bridgehead atoms. The number of piperidine rings is 1. The molecule has 2 amide bonds. The van der Waals surface area contributed by atoms with E-state index in [0.29, 0.717) is 35.1 Å². The summed E-state index contributed by atoms with van der Waals surface area (Å²) in [6.45, 7) is 0.880. The van der Waals surface area contributed by atoms with Crippen molar-refractivity contribution in [3.8, 4) is 0 Å². The number of nitrogens with zero attached hydrogens (tertiary/aromatic N) is 2. The fraction of sp³-hybridized carbons (Fsp3) is 0.533. The van der Waals surface area contributed by atoms with Crippen LogP contribution in [0.2, 0.25) is 4.34 Å². The largest absolute Gasteiger partial charge is 0.481 e. The zero-order valence-electron chi connectivity index (χ0n) is 12.6. The van der Waals surface area contributed by atoms with E-state index in [0.717, 1.165) is 0 Å². The van der Waals surface area contributed by atoms with Crippen molar-refractivity contribution in [3.63, 3.8) is 0 Å². The van der Waals surface area contributed by atoms with Gasteiger partial charge in [-0.05, 0) is 25.0 Å². The first-order chi connectivity index (χ1) is 10.8. The number of amides is 2. The van der Waals surface area contributed by atoms with E-state index >= 15 is 0 Å². The molecule has 0 aliphatic carbocycles. The number of carboxylic acid groups (broad SMARTS) is 1. The van der Waals surface area contributed by atoms with E-state index in [2.05, 4.69) is 0 Å². The van der Waals surface area contributed by atoms with Crippen LogP contribution in [-0.4, -0.2) is 58.4 Å². The van der Waals surface area contributed by atoms with E-state index in [1.54, 1.807) is 29.0 Å². The number of carboxylic acids is 1. The smallest absolute Gasteiger partial charge is 0.309 e. The van der Waals surface area contributed by atoms with Gasteiger partial charge >= 0.3 is 5.97 Å². The molecule has 1 aromatic heterocycles. The maximum atomic E-state index is 12.5. The lowest BCUT2D eigenvalue weighted by atomic mass is 9.77. The molecule has 2 aliphatic rings. The van der Waals surface area contributed by atoms with Gasteiger partial charge in [0.15, 0.2) is 0 Å². The average molecular weight is 357 g/mol. The molecule has 6 nitrogen and oxygen atoms in total. The Morgan fingerprint density at radius 3 is 2.52 bits per heavy atom. The first-order valence-electron chi connectivity index (χ1n) is 7.39. The second kappa shape index (κ2) is 5.79. The Kier molecular flexibility index (Phi) is 4.10. The normalized spacial score (nSPS) is 23.6. The molecule has 1 spiro atoms. The third-order valence-corrected chi connectivity index (χ3v) is 6.29. The van der Waals surface area contributed by atoms with Gasteiger partial charge in [-0.15, -0.1) is 11.3 Å². The molecule has 8 heteroatoms. The van der Waals surface area contributed by atoms with E-state index in [9.17, 15) is 19.5 Å². The first-order valence-corrected chi connectivity index (χ1v) is 8.59. The van der Waals surface area contributed by atoms with Crippen molar-refractivity contribution < 1.29 is 19.5 Å². The van der Waals surface area contributed by atoms with Gasteiger partial charge in [-0.1, -0.05) is 11.6 Å². The summed E-state index contributed by atoms with van der Waals surface area (Å²) in [6.07, 6.45) is 1.01. The summed E-state index contributed by atoms with van der Waals surface area (Å²) in [5.41, 5.74) is -0.674. The van der Waals surface area contributed by atoms with Crippen LogP contribution < -0.4 is 0 Å². The predicted octanol–water partition coefficient (Wildman–Crippen LogP) is 1.94. The lowest BCUT2D eigenvalue weighted by Gasteiger charge is -2.45. The molecule has 2 saturated heterocycles. The van der Waals surface area contributed by atoms with E-state index in [1.165, 1.54) is 11.3 Å². The summed E-state index contributed by atoms with van der Waals surface area (Å²) in [5, 5.41) is 9.45. The maximum absolute atomic E-state index is 12.5. The van der Waals surface area contributed by atoms with Crippen LogP contribution in [0.5, 0.6) is 0 Å². The summed E-state index contributed by atoms with van der Waals surface area (Å²) in [6, 6.07) is 3.39. The Hall–Kier alpha value is -1.60. The molecule has 0 radical (unpaired) electrons. The molecular weight excluding hydrogens is 340 g/mol. The fourth-order valence-corrected chi connectivity index (χ4v) is 4.68. The number of hydrogen-bond acceptors (Lipinski definition) is 4. The summed E-state index contributed by atoms with van der Waals surface area (Å²) < 4.78 is 0.564. The van der Waals surface area contributed by atoms with E-state index in [-0.39, 0.29) is 18.2 Å². The van der Waals surface area contributed by atoms with Crippen molar-refractivity contribution in [3.05, 3.63) is 21.3 Å². The number of carbonyl (C=O) groups excluding carboxylic acids is 2. The highest BCUT2D eigenvalue weighted by molar-refractivity contribution is 7.17. The van der Waals surface area contributed by atoms with Crippen molar-refractivity contribution >= 4 is 40.7 Å². The summed E-state index contributed by atoms with van der Waals surface area (Å²) >= 11 is 7.10. The highest BCUT2D eigenvalue weighted by Crippen LogP contribution is 2.43. The summed E-state index contributed by atoms with van der Waals surface area (Å²) in [4.78, 5) is 39.8. The van der Waals surface area contributed by atoms with Gasteiger partial charge in [-0.3, -0.25) is 14.4 Å². The lowest BCUT2D eigenvalue weighted by Crippen LogP contribution is -2.56. The highest BCUT2D eigenvalue weighted by atomic mass is 35.5. The van der Waals surface area contributed by atoms with Crippen molar-refractivity contribution in [1.29, 1.82) is 0 Å². The number of thiophene rings is 1. The Labute approximate surface area is 142 Å². The van der Waals surface area contributed by atoms with Crippen LogP contribution in [0.1, 0.15) is 28.9 Å². The van der Waals surface area contributed by atoms with Crippen molar-refractivity contribution in [2.24, 2.45) is 5.92 Å². The molecule has 23 heavy (non-hydrogen) atoms. The molecule has 3 rings (SSSR count). The number of rotatable bonds is 2. The predicted molar refractivity (Wildman–Crippen MR) is 85.7 cm³/mol. The summed E-state index contributed by atoms with van der Waals surface area (Å²) in [7, 11) is 1.67. The third-order valence-electron chi connectivity index (χ3n) is 5.07. The number of aliphatic carboxylic acids is 1. The highest BCUT2D eigenvalue weighted by Gasteiger charge is 2.55. The number of halogens is 1. The van der Waals surface area contributed by atoms with Crippen LogP contribution in [-0.2, 0) is 9.59 Å². The van der Waals surface area contributed by atoms with E-state index < -0.39 is 17.4 Å². The van der Waals surface area contributed by atoms with Gasteiger partial charge in [0.1, 0.15) is 0 Å². The SMILES string of the molecule is CN1C(=O)C[C@H](C(=O)O)C12CCN(C(=O)c1ccc(Cl)s1)CC2. The van der Waals surface area contributed by atoms with Crippen LogP contribution in [0.15, 0.2) is 12.1 Å². The molecule has 2 fully saturated rings. The Bertz CT molecular complexity index is 666. The van der Waals surface area contributed by atoms with Gasteiger partial charge in [0, 0.05) is 26.6 Å². The van der Waals surface area contributed by atoms with Crippen molar-refractivity contribution in [2.75, 3.05) is 20.1 Å². The van der Waals surface area contributed by atoms with Crippen LogP contribution in [0.25, 0.3) is 0 Å². The zero-order chi connectivity index (χ0) is 16.8. The average Bonchev–Trinajstić information content (AvgIpc) is 3.05. The standard InChI is InChI=1S/C15H17ClN2O4S/c1-17-12(19)8-9(14(21)22)15(17)4-6-18(7-5-15)13(20)10-2-3-11(16)23-10/h2-3,9H,4-8H2,1H3,(H,21,22)/t9-/m1/s1. The number of carbonyl (C=O) groups is 3. The number of hydrogen-bond donors (Lipinski definition) is 1.